The number of halogens is 2. The van der Waals surface area contributed by atoms with Crippen molar-refractivity contribution in [1.82, 2.24) is 10.7 Å². The average molecular weight is 510 g/mol. The Labute approximate surface area is 193 Å². The van der Waals surface area contributed by atoms with Crippen molar-refractivity contribution in [2.75, 3.05) is 6.61 Å². The van der Waals surface area contributed by atoms with Crippen molar-refractivity contribution in [2.24, 2.45) is 16.8 Å². The highest BCUT2D eigenvalue weighted by molar-refractivity contribution is 9.10. The number of nitrogens with two attached hydrogens (primary N) is 1. The zero-order valence-electron chi connectivity index (χ0n) is 16.9. The highest BCUT2D eigenvalue weighted by Gasteiger charge is 2.24. The lowest BCUT2D eigenvalue weighted by molar-refractivity contribution is -0.124. The Morgan fingerprint density at radius 2 is 1.87 bits per heavy atom. The number of hydrazone groups is 1. The summed E-state index contributed by atoms with van der Waals surface area (Å²) in [5, 5.41) is 7.18. The van der Waals surface area contributed by atoms with Crippen molar-refractivity contribution >= 4 is 51.5 Å². The fourth-order valence-electron chi connectivity index (χ4n) is 2.46. The SMILES string of the molecule is CC(C)C(NC(=O)c1ccc(Cl)cc1)C(=O)N/N=C\c1ccc(OCC(N)=O)c(Br)c1. The topological polar surface area (TPSA) is 123 Å². The molecule has 0 saturated carbocycles. The fourth-order valence-corrected chi connectivity index (χ4v) is 3.10. The number of nitrogens with one attached hydrogen (secondary N) is 2. The summed E-state index contributed by atoms with van der Waals surface area (Å²) >= 11 is 9.17. The minimum atomic E-state index is -0.781. The number of hydrogen-bond acceptors (Lipinski definition) is 5. The van der Waals surface area contributed by atoms with Gasteiger partial charge in [0.15, 0.2) is 6.61 Å². The van der Waals surface area contributed by atoms with Gasteiger partial charge in [-0.15, -0.1) is 0 Å². The first-order valence-electron chi connectivity index (χ1n) is 9.27. The van der Waals surface area contributed by atoms with Gasteiger partial charge in [-0.25, -0.2) is 5.43 Å². The molecule has 0 bridgehead atoms. The van der Waals surface area contributed by atoms with Gasteiger partial charge >= 0.3 is 0 Å². The summed E-state index contributed by atoms with van der Waals surface area (Å²) in [5.41, 5.74) is 8.57. The van der Waals surface area contributed by atoms with Crippen molar-refractivity contribution in [3.63, 3.8) is 0 Å². The van der Waals surface area contributed by atoms with Gasteiger partial charge in [-0.3, -0.25) is 14.4 Å². The minimum absolute atomic E-state index is 0.165. The van der Waals surface area contributed by atoms with Gasteiger partial charge in [0.1, 0.15) is 11.8 Å². The van der Waals surface area contributed by atoms with Crippen LogP contribution in [0.4, 0.5) is 0 Å². The monoisotopic (exact) mass is 508 g/mol. The predicted octanol–water partition coefficient (Wildman–Crippen LogP) is 2.87. The Morgan fingerprint density at radius 1 is 1.19 bits per heavy atom. The normalized spacial score (nSPS) is 11.9. The summed E-state index contributed by atoms with van der Waals surface area (Å²) < 4.78 is 5.85. The van der Waals surface area contributed by atoms with E-state index in [9.17, 15) is 14.4 Å². The second kappa shape index (κ2) is 11.5. The molecular formula is C21H22BrClN4O4. The van der Waals surface area contributed by atoms with Crippen molar-refractivity contribution < 1.29 is 19.1 Å². The van der Waals surface area contributed by atoms with Crippen molar-refractivity contribution in [1.29, 1.82) is 0 Å². The summed E-state index contributed by atoms with van der Waals surface area (Å²) in [4.78, 5) is 35.8. The first-order valence-corrected chi connectivity index (χ1v) is 10.4. The molecule has 0 aliphatic rings. The number of carbonyl (C=O) groups is 3. The summed E-state index contributed by atoms with van der Waals surface area (Å²) in [6, 6.07) is 10.6. The molecule has 2 aromatic carbocycles. The number of ether oxygens (including phenoxy) is 1. The van der Waals surface area contributed by atoms with Crippen molar-refractivity contribution in [3.8, 4) is 5.75 Å². The van der Waals surface area contributed by atoms with E-state index in [0.717, 1.165) is 0 Å². The van der Waals surface area contributed by atoms with Gasteiger partial charge in [-0.1, -0.05) is 25.4 Å². The van der Waals surface area contributed by atoms with Crippen LogP contribution in [0.5, 0.6) is 5.75 Å². The van der Waals surface area contributed by atoms with Crippen LogP contribution < -0.4 is 21.2 Å². The number of primary amides is 1. The van der Waals surface area contributed by atoms with Gasteiger partial charge in [0, 0.05) is 10.6 Å². The molecule has 0 aromatic heterocycles. The third-order valence-corrected chi connectivity index (χ3v) is 4.93. The standard InChI is InChI=1S/C21H22BrClN4O4/c1-12(2)19(26-20(29)14-4-6-15(23)7-5-14)21(30)27-25-10-13-3-8-17(16(22)9-13)31-11-18(24)28/h3-10,12,19H,11H2,1-2H3,(H2,24,28)(H,26,29)(H,27,30)/b25-10-. The van der Waals surface area contributed by atoms with Crippen molar-refractivity contribution in [3.05, 3.63) is 63.1 Å². The van der Waals surface area contributed by atoms with Crippen molar-refractivity contribution in [2.45, 2.75) is 19.9 Å². The van der Waals surface area contributed by atoms with Gasteiger partial charge in [0.05, 0.1) is 10.7 Å². The molecule has 1 atom stereocenters. The molecular weight excluding hydrogens is 488 g/mol. The van der Waals surface area contributed by atoms with Crippen LogP contribution in [0.25, 0.3) is 0 Å². The molecule has 0 heterocycles. The predicted molar refractivity (Wildman–Crippen MR) is 122 cm³/mol. The molecule has 0 radical (unpaired) electrons. The maximum Gasteiger partial charge on any atom is 0.262 e. The second-order valence-corrected chi connectivity index (χ2v) is 8.17. The van der Waals surface area contributed by atoms with Crippen LogP contribution in [0.1, 0.15) is 29.8 Å². The average Bonchev–Trinajstić information content (AvgIpc) is 2.71. The van der Waals surface area contributed by atoms with E-state index in [1.54, 1.807) is 42.5 Å². The molecule has 8 nitrogen and oxygen atoms in total. The van der Waals surface area contributed by atoms with Crippen LogP contribution in [0, 0.1) is 5.92 Å². The molecule has 0 saturated heterocycles. The van der Waals surface area contributed by atoms with Crippen LogP contribution in [0.2, 0.25) is 5.02 Å². The van der Waals surface area contributed by atoms with E-state index >= 15 is 0 Å². The fraction of sp³-hybridized carbons (Fsp3) is 0.238. The van der Waals surface area contributed by atoms with E-state index in [2.05, 4.69) is 31.8 Å². The van der Waals surface area contributed by atoms with E-state index in [4.69, 9.17) is 22.1 Å². The summed E-state index contributed by atoms with van der Waals surface area (Å²) in [6.07, 6.45) is 1.44. The van der Waals surface area contributed by atoms with E-state index in [0.29, 0.717) is 26.4 Å². The maximum atomic E-state index is 12.5. The molecule has 0 spiro atoms. The number of carbonyl (C=O) groups excluding carboxylic acids is 3. The lowest BCUT2D eigenvalue weighted by Crippen LogP contribution is -2.48. The number of rotatable bonds is 9. The van der Waals surface area contributed by atoms with Crippen LogP contribution in [0.3, 0.4) is 0 Å². The summed E-state index contributed by atoms with van der Waals surface area (Å²) in [7, 11) is 0. The second-order valence-electron chi connectivity index (χ2n) is 6.88. The van der Waals surface area contributed by atoms with Gasteiger partial charge in [-0.05, 0) is 69.9 Å². The highest BCUT2D eigenvalue weighted by Crippen LogP contribution is 2.25. The number of hydrogen-bond donors (Lipinski definition) is 3. The first-order chi connectivity index (χ1) is 14.7. The van der Waals surface area contributed by atoms with E-state index in [1.165, 1.54) is 6.21 Å². The number of nitrogens with zero attached hydrogens (tertiary/aromatic N) is 1. The Hall–Kier alpha value is -2.91. The smallest absolute Gasteiger partial charge is 0.262 e. The zero-order chi connectivity index (χ0) is 23.0. The number of benzene rings is 2. The quantitative estimate of drug-likeness (QED) is 0.355. The van der Waals surface area contributed by atoms with Crippen LogP contribution in [-0.4, -0.2) is 36.6 Å². The van der Waals surface area contributed by atoms with Gasteiger partial charge in [0.25, 0.3) is 17.7 Å². The summed E-state index contributed by atoms with van der Waals surface area (Å²) in [6.45, 7) is 3.40. The Kier molecular flexibility index (Phi) is 9.02. The third kappa shape index (κ3) is 7.69. The van der Waals surface area contributed by atoms with E-state index < -0.39 is 17.9 Å². The first kappa shape index (κ1) is 24.4. The number of amides is 3. The Balaban J connectivity index is 1.98. The molecule has 1 unspecified atom stereocenters. The molecule has 0 aliphatic carbocycles. The molecule has 2 rings (SSSR count). The van der Waals surface area contributed by atoms with Crippen LogP contribution >= 0.6 is 27.5 Å². The molecule has 0 fully saturated rings. The molecule has 31 heavy (non-hydrogen) atoms. The molecule has 4 N–H and O–H groups in total. The maximum absolute atomic E-state index is 12.5. The molecule has 2 aromatic rings. The van der Waals surface area contributed by atoms with Gasteiger partial charge < -0.3 is 15.8 Å². The third-order valence-electron chi connectivity index (χ3n) is 4.06. The van der Waals surface area contributed by atoms with E-state index in [-0.39, 0.29) is 18.4 Å². The lowest BCUT2D eigenvalue weighted by atomic mass is 10.0. The largest absolute Gasteiger partial charge is 0.483 e. The summed E-state index contributed by atoms with van der Waals surface area (Å²) in [5.74, 6) is -1.13. The lowest BCUT2D eigenvalue weighted by Gasteiger charge is -2.20. The Morgan fingerprint density at radius 3 is 2.45 bits per heavy atom. The molecule has 0 aliphatic heterocycles. The van der Waals surface area contributed by atoms with E-state index in [1.807, 2.05) is 13.8 Å². The van der Waals surface area contributed by atoms with Crippen LogP contribution in [0.15, 0.2) is 52.0 Å². The molecule has 164 valence electrons. The van der Waals surface area contributed by atoms with Gasteiger partial charge in [0.2, 0.25) is 0 Å². The van der Waals surface area contributed by atoms with Gasteiger partial charge in [-0.2, -0.15) is 5.10 Å². The highest BCUT2D eigenvalue weighted by atomic mass is 79.9. The molecule has 10 heteroatoms. The Bertz CT molecular complexity index is 980. The molecule has 3 amide bonds. The van der Waals surface area contributed by atoms with Crippen LogP contribution in [-0.2, 0) is 9.59 Å². The minimum Gasteiger partial charge on any atom is -0.483 e. The zero-order valence-corrected chi connectivity index (χ0v) is 19.2.